The van der Waals surface area contributed by atoms with Gasteiger partial charge in [-0.2, -0.15) is 4.98 Å². The van der Waals surface area contributed by atoms with Crippen molar-refractivity contribution in [2.45, 2.75) is 0 Å². The molecule has 1 fully saturated rings. The zero-order chi connectivity index (χ0) is 25.7. The number of rotatable bonds is 9. The highest BCUT2D eigenvalue weighted by molar-refractivity contribution is 7.92. The normalized spacial score (nSPS) is 13.7. The number of anilines is 6. The van der Waals surface area contributed by atoms with Gasteiger partial charge in [-0.1, -0.05) is 17.7 Å². The first-order valence-corrected chi connectivity index (χ1v) is 13.4. The van der Waals surface area contributed by atoms with E-state index in [0.717, 1.165) is 38.1 Å². The Kier molecular flexibility index (Phi) is 7.87. The fraction of sp³-hybridized carbons (Fsp3) is 0.304. The first kappa shape index (κ1) is 25.6. The van der Waals surface area contributed by atoms with Crippen LogP contribution in [0.25, 0.3) is 0 Å². The maximum absolute atomic E-state index is 11.9. The average Bonchev–Trinajstić information content (AvgIpc) is 2.87. The van der Waals surface area contributed by atoms with Crippen molar-refractivity contribution in [3.63, 3.8) is 0 Å². The molecule has 0 saturated carbocycles. The van der Waals surface area contributed by atoms with Crippen LogP contribution in [0.4, 0.5) is 34.5 Å². The van der Waals surface area contributed by atoms with Crippen molar-refractivity contribution < 1.29 is 17.9 Å². The van der Waals surface area contributed by atoms with Crippen LogP contribution in [0.5, 0.6) is 11.5 Å². The van der Waals surface area contributed by atoms with Crippen molar-refractivity contribution >= 4 is 56.1 Å². The fourth-order valence-electron chi connectivity index (χ4n) is 3.76. The summed E-state index contributed by atoms with van der Waals surface area (Å²) in [5.41, 5.74) is 2.40. The maximum atomic E-state index is 11.9. The quantitative estimate of drug-likeness (QED) is 0.324. The molecule has 0 bridgehead atoms. The van der Waals surface area contributed by atoms with Gasteiger partial charge in [0.25, 0.3) is 0 Å². The molecule has 13 heteroatoms. The minimum absolute atomic E-state index is 0.233. The zero-order valence-corrected chi connectivity index (χ0v) is 21.7. The maximum Gasteiger partial charge on any atom is 0.230 e. The fourth-order valence-corrected chi connectivity index (χ4v) is 4.48. The minimum atomic E-state index is -3.57. The van der Waals surface area contributed by atoms with E-state index in [2.05, 4.69) is 35.5 Å². The molecule has 0 aliphatic carbocycles. The summed E-state index contributed by atoms with van der Waals surface area (Å²) in [4.78, 5) is 11.1. The summed E-state index contributed by atoms with van der Waals surface area (Å²) in [6, 6.07) is 10.9. The Morgan fingerprint density at radius 3 is 2.47 bits per heavy atom. The molecular weight excluding hydrogens is 506 g/mol. The van der Waals surface area contributed by atoms with Crippen LogP contribution in [-0.2, 0) is 10.0 Å². The molecule has 0 amide bonds. The Morgan fingerprint density at radius 2 is 1.78 bits per heavy atom. The average molecular weight is 534 g/mol. The third-order valence-electron chi connectivity index (χ3n) is 5.44. The van der Waals surface area contributed by atoms with E-state index in [1.165, 1.54) is 13.3 Å². The molecule has 1 aliphatic heterocycles. The number of nitrogens with zero attached hydrogens (tertiary/aromatic N) is 3. The molecule has 36 heavy (non-hydrogen) atoms. The van der Waals surface area contributed by atoms with E-state index in [1.54, 1.807) is 25.3 Å². The number of nitrogens with one attached hydrogen (secondary N) is 4. The van der Waals surface area contributed by atoms with Crippen molar-refractivity contribution in [3.05, 3.63) is 47.6 Å². The molecule has 11 nitrogen and oxygen atoms in total. The van der Waals surface area contributed by atoms with Gasteiger partial charge in [0.05, 0.1) is 38.0 Å². The van der Waals surface area contributed by atoms with Crippen LogP contribution in [0.1, 0.15) is 0 Å². The highest BCUT2D eigenvalue weighted by Gasteiger charge is 2.17. The first-order valence-electron chi connectivity index (χ1n) is 11.1. The molecule has 0 atom stereocenters. The molecule has 1 saturated heterocycles. The van der Waals surface area contributed by atoms with Crippen molar-refractivity contribution in [2.75, 3.05) is 66.9 Å². The summed E-state index contributed by atoms with van der Waals surface area (Å²) in [5, 5.41) is 9.83. The lowest BCUT2D eigenvalue weighted by Crippen LogP contribution is -2.43. The molecule has 2 heterocycles. The third-order valence-corrected chi connectivity index (χ3v) is 6.30. The Bertz CT molecular complexity index is 1330. The second-order valence-corrected chi connectivity index (χ2v) is 10.2. The van der Waals surface area contributed by atoms with E-state index in [1.807, 2.05) is 18.2 Å². The number of para-hydroxylation sites is 1. The smallest absolute Gasteiger partial charge is 0.230 e. The van der Waals surface area contributed by atoms with Gasteiger partial charge in [0, 0.05) is 37.9 Å². The van der Waals surface area contributed by atoms with Gasteiger partial charge in [0.15, 0.2) is 5.82 Å². The second kappa shape index (κ2) is 11.1. The van der Waals surface area contributed by atoms with Gasteiger partial charge in [-0.25, -0.2) is 13.4 Å². The SMILES string of the molecule is COc1cc(N2CCNCC2)ccc1Nc1ncc(Cl)c(Nc2cccc(OC)c2NS(C)(=O)=O)n1. The number of sulfonamides is 1. The van der Waals surface area contributed by atoms with Crippen molar-refractivity contribution in [3.8, 4) is 11.5 Å². The van der Waals surface area contributed by atoms with Gasteiger partial charge in [-0.3, -0.25) is 4.72 Å². The van der Waals surface area contributed by atoms with E-state index >= 15 is 0 Å². The van der Waals surface area contributed by atoms with Crippen LogP contribution in [0, 0.1) is 0 Å². The van der Waals surface area contributed by atoms with Gasteiger partial charge in [0.1, 0.15) is 22.2 Å². The Morgan fingerprint density at radius 1 is 1.03 bits per heavy atom. The molecule has 4 rings (SSSR count). The monoisotopic (exact) mass is 533 g/mol. The molecule has 1 aromatic heterocycles. The van der Waals surface area contributed by atoms with E-state index in [-0.39, 0.29) is 22.5 Å². The molecule has 0 unspecified atom stereocenters. The molecule has 4 N–H and O–H groups in total. The van der Waals surface area contributed by atoms with Crippen LogP contribution in [-0.4, -0.2) is 65.0 Å². The van der Waals surface area contributed by atoms with Gasteiger partial charge in [0.2, 0.25) is 16.0 Å². The first-order chi connectivity index (χ1) is 17.3. The molecule has 2 aromatic carbocycles. The summed E-state index contributed by atoms with van der Waals surface area (Å²) < 4.78 is 37.2. The predicted molar refractivity (Wildman–Crippen MR) is 143 cm³/mol. The largest absolute Gasteiger partial charge is 0.494 e. The van der Waals surface area contributed by atoms with Gasteiger partial charge < -0.3 is 30.3 Å². The molecular formula is C23H28ClN7O4S. The minimum Gasteiger partial charge on any atom is -0.494 e. The van der Waals surface area contributed by atoms with E-state index in [0.29, 0.717) is 22.9 Å². The van der Waals surface area contributed by atoms with Crippen LogP contribution in [0.15, 0.2) is 42.6 Å². The van der Waals surface area contributed by atoms with Crippen molar-refractivity contribution in [1.82, 2.24) is 15.3 Å². The molecule has 3 aromatic rings. The van der Waals surface area contributed by atoms with Gasteiger partial charge in [-0.15, -0.1) is 0 Å². The van der Waals surface area contributed by atoms with Gasteiger partial charge in [-0.05, 0) is 24.3 Å². The summed E-state index contributed by atoms with van der Waals surface area (Å²) >= 11 is 6.35. The number of halogens is 1. The summed E-state index contributed by atoms with van der Waals surface area (Å²) in [6.45, 7) is 3.72. The Balaban J connectivity index is 1.60. The van der Waals surface area contributed by atoms with Crippen LogP contribution in [0.2, 0.25) is 5.02 Å². The van der Waals surface area contributed by atoms with Crippen LogP contribution in [0.3, 0.4) is 0 Å². The standard InChI is InChI=1S/C23H28ClN7O4S/c1-34-19-6-4-5-18(21(19)30-36(3,32)33)27-22-16(24)14-26-23(29-22)28-17-8-7-15(13-20(17)35-2)31-11-9-25-10-12-31/h4-8,13-14,25,30H,9-12H2,1-3H3,(H2,26,27,28,29). The lowest BCUT2D eigenvalue weighted by molar-refractivity contribution is 0.416. The third kappa shape index (κ3) is 6.20. The predicted octanol–water partition coefficient (Wildman–Crippen LogP) is 3.42. The number of methoxy groups -OCH3 is 2. The summed E-state index contributed by atoms with van der Waals surface area (Å²) in [5.74, 6) is 1.53. The number of ether oxygens (including phenoxy) is 2. The number of benzene rings is 2. The summed E-state index contributed by atoms with van der Waals surface area (Å²) in [7, 11) is -0.513. The van der Waals surface area contributed by atoms with E-state index < -0.39 is 10.0 Å². The summed E-state index contributed by atoms with van der Waals surface area (Å²) in [6.07, 6.45) is 2.51. The Labute approximate surface area is 215 Å². The number of aromatic nitrogens is 2. The van der Waals surface area contributed by atoms with Crippen molar-refractivity contribution in [1.29, 1.82) is 0 Å². The molecule has 192 valence electrons. The molecule has 0 radical (unpaired) electrons. The van der Waals surface area contributed by atoms with Crippen molar-refractivity contribution in [2.24, 2.45) is 0 Å². The molecule has 0 spiro atoms. The van der Waals surface area contributed by atoms with E-state index in [4.69, 9.17) is 21.1 Å². The van der Waals surface area contributed by atoms with Crippen LogP contribution < -0.4 is 35.0 Å². The molecule has 1 aliphatic rings. The lowest BCUT2D eigenvalue weighted by atomic mass is 10.2. The number of hydrogen-bond donors (Lipinski definition) is 4. The topological polar surface area (TPSA) is 130 Å². The van der Waals surface area contributed by atoms with E-state index in [9.17, 15) is 8.42 Å². The van der Waals surface area contributed by atoms with Gasteiger partial charge >= 0.3 is 0 Å². The number of piperazine rings is 1. The highest BCUT2D eigenvalue weighted by Crippen LogP contribution is 2.37. The van der Waals surface area contributed by atoms with Crippen LogP contribution >= 0.6 is 11.6 Å². The Hall–Kier alpha value is -3.48. The zero-order valence-electron chi connectivity index (χ0n) is 20.1. The highest BCUT2D eigenvalue weighted by atomic mass is 35.5. The second-order valence-electron chi connectivity index (χ2n) is 8.02. The number of hydrogen-bond acceptors (Lipinski definition) is 10. The lowest BCUT2D eigenvalue weighted by Gasteiger charge is -2.30.